The lowest BCUT2D eigenvalue weighted by atomic mass is 10.1. The molecule has 3 aromatic rings. The third-order valence-electron chi connectivity index (χ3n) is 3.58. The molecule has 0 saturated heterocycles. The number of nitro benzene ring substituents is 1. The summed E-state index contributed by atoms with van der Waals surface area (Å²) in [7, 11) is 0. The molecular weight excluding hydrogens is 306 g/mol. The average molecular weight is 317 g/mol. The summed E-state index contributed by atoms with van der Waals surface area (Å²) in [6, 6.07) is 18.4. The van der Waals surface area contributed by atoms with Gasteiger partial charge in [-0.2, -0.15) is 5.26 Å². The SMILES string of the molecule is N#Cc1cc(-c2ccccc2)cn(-c2ccc([N+](=O)[O-])cc2)c1=O. The number of rotatable bonds is 3. The molecule has 0 N–H and O–H groups in total. The molecule has 0 spiro atoms. The van der Waals surface area contributed by atoms with Gasteiger partial charge >= 0.3 is 0 Å². The average Bonchev–Trinajstić information content (AvgIpc) is 2.63. The number of nitro groups is 1. The molecule has 1 aromatic heterocycles. The van der Waals surface area contributed by atoms with Crippen molar-refractivity contribution >= 4 is 5.69 Å². The molecule has 1 heterocycles. The molecule has 0 aliphatic heterocycles. The predicted molar refractivity (Wildman–Crippen MR) is 88.8 cm³/mol. The fourth-order valence-electron chi connectivity index (χ4n) is 2.38. The first-order chi connectivity index (χ1) is 11.6. The van der Waals surface area contributed by atoms with Crippen LogP contribution in [0.5, 0.6) is 0 Å². The Hall–Kier alpha value is -3.72. The smallest absolute Gasteiger partial charge is 0.273 e. The topological polar surface area (TPSA) is 88.9 Å². The second kappa shape index (κ2) is 6.18. The molecule has 0 unspecified atom stereocenters. The Morgan fingerprint density at radius 3 is 2.25 bits per heavy atom. The van der Waals surface area contributed by atoms with Gasteiger partial charge in [-0.25, -0.2) is 0 Å². The van der Waals surface area contributed by atoms with Crippen LogP contribution in [-0.4, -0.2) is 9.49 Å². The van der Waals surface area contributed by atoms with Crippen molar-refractivity contribution in [1.82, 2.24) is 4.57 Å². The Balaban J connectivity index is 2.19. The maximum absolute atomic E-state index is 12.4. The quantitative estimate of drug-likeness (QED) is 0.547. The summed E-state index contributed by atoms with van der Waals surface area (Å²) in [6.45, 7) is 0. The third kappa shape index (κ3) is 2.78. The highest BCUT2D eigenvalue weighted by molar-refractivity contribution is 5.64. The zero-order chi connectivity index (χ0) is 17.1. The van der Waals surface area contributed by atoms with Crippen LogP contribution in [-0.2, 0) is 0 Å². The van der Waals surface area contributed by atoms with Gasteiger partial charge in [-0.1, -0.05) is 30.3 Å². The monoisotopic (exact) mass is 317 g/mol. The Morgan fingerprint density at radius 2 is 1.67 bits per heavy atom. The van der Waals surface area contributed by atoms with Crippen LogP contribution in [0.15, 0.2) is 71.7 Å². The summed E-state index contributed by atoms with van der Waals surface area (Å²) in [4.78, 5) is 22.7. The summed E-state index contributed by atoms with van der Waals surface area (Å²) in [5, 5.41) is 20.0. The summed E-state index contributed by atoms with van der Waals surface area (Å²) in [5.74, 6) is 0. The molecule has 2 aromatic carbocycles. The summed E-state index contributed by atoms with van der Waals surface area (Å²) < 4.78 is 1.32. The first-order valence-corrected chi connectivity index (χ1v) is 7.07. The first kappa shape index (κ1) is 15.2. The zero-order valence-corrected chi connectivity index (χ0v) is 12.4. The standard InChI is InChI=1S/C18H11N3O3/c19-11-14-10-15(13-4-2-1-3-5-13)12-20(18(14)22)16-6-8-17(9-7-16)21(23)24/h1-10,12H. The Bertz CT molecular complexity index is 1000. The third-order valence-corrected chi connectivity index (χ3v) is 3.58. The van der Waals surface area contributed by atoms with Gasteiger partial charge in [-0.3, -0.25) is 19.5 Å². The number of aromatic nitrogens is 1. The minimum absolute atomic E-state index is 0.00899. The van der Waals surface area contributed by atoms with Crippen molar-refractivity contribution in [1.29, 1.82) is 5.26 Å². The van der Waals surface area contributed by atoms with E-state index in [2.05, 4.69) is 0 Å². The molecule has 0 atom stereocenters. The molecular formula is C18H11N3O3. The van der Waals surface area contributed by atoms with Gasteiger partial charge in [0.25, 0.3) is 11.2 Å². The number of benzene rings is 2. The molecule has 0 saturated carbocycles. The minimum Gasteiger partial charge on any atom is -0.283 e. The number of non-ortho nitro benzene ring substituents is 1. The van der Waals surface area contributed by atoms with E-state index in [4.69, 9.17) is 0 Å². The van der Waals surface area contributed by atoms with E-state index in [0.717, 1.165) is 5.56 Å². The number of nitriles is 1. The van der Waals surface area contributed by atoms with Gasteiger partial charge in [-0.05, 0) is 29.3 Å². The van der Waals surface area contributed by atoms with Crippen molar-refractivity contribution in [2.45, 2.75) is 0 Å². The maximum Gasteiger partial charge on any atom is 0.273 e. The van der Waals surface area contributed by atoms with Gasteiger partial charge in [0.2, 0.25) is 0 Å². The zero-order valence-electron chi connectivity index (χ0n) is 12.4. The van der Waals surface area contributed by atoms with Crippen LogP contribution in [0.1, 0.15) is 5.56 Å². The predicted octanol–water partition coefficient (Wildman–Crippen LogP) is 3.28. The van der Waals surface area contributed by atoms with Gasteiger partial charge in [0.1, 0.15) is 11.6 Å². The number of hydrogen-bond donors (Lipinski definition) is 0. The van der Waals surface area contributed by atoms with Crippen LogP contribution in [0.3, 0.4) is 0 Å². The minimum atomic E-state index is -0.506. The molecule has 0 amide bonds. The number of pyridine rings is 1. The van der Waals surface area contributed by atoms with Gasteiger partial charge in [-0.15, -0.1) is 0 Å². The largest absolute Gasteiger partial charge is 0.283 e. The molecule has 6 heteroatoms. The van der Waals surface area contributed by atoms with Crippen LogP contribution < -0.4 is 5.56 Å². The van der Waals surface area contributed by atoms with Crippen molar-refractivity contribution < 1.29 is 4.92 Å². The molecule has 0 bridgehead atoms. The Morgan fingerprint density at radius 1 is 1.00 bits per heavy atom. The Kier molecular flexibility index (Phi) is 3.91. The van der Waals surface area contributed by atoms with Crippen LogP contribution in [0, 0.1) is 21.4 Å². The van der Waals surface area contributed by atoms with Crippen molar-refractivity contribution in [3.8, 4) is 22.9 Å². The molecule has 24 heavy (non-hydrogen) atoms. The summed E-state index contributed by atoms with van der Waals surface area (Å²) in [6.07, 6.45) is 1.62. The molecule has 0 aliphatic rings. The van der Waals surface area contributed by atoms with E-state index in [1.165, 1.54) is 28.8 Å². The number of hydrogen-bond acceptors (Lipinski definition) is 4. The Labute approximate surface area is 137 Å². The first-order valence-electron chi connectivity index (χ1n) is 7.07. The van der Waals surface area contributed by atoms with Gasteiger partial charge in [0, 0.05) is 24.0 Å². The highest BCUT2D eigenvalue weighted by atomic mass is 16.6. The molecule has 3 rings (SSSR count). The van der Waals surface area contributed by atoms with Crippen LogP contribution in [0.2, 0.25) is 0 Å². The highest BCUT2D eigenvalue weighted by Gasteiger charge is 2.11. The molecule has 0 aliphatic carbocycles. The number of nitrogens with zero attached hydrogens (tertiary/aromatic N) is 3. The fourth-order valence-corrected chi connectivity index (χ4v) is 2.38. The molecule has 0 fully saturated rings. The molecule has 116 valence electrons. The van der Waals surface area contributed by atoms with E-state index in [-0.39, 0.29) is 11.3 Å². The second-order valence-corrected chi connectivity index (χ2v) is 5.07. The van der Waals surface area contributed by atoms with E-state index in [1.807, 2.05) is 36.4 Å². The lowest BCUT2D eigenvalue weighted by molar-refractivity contribution is -0.384. The van der Waals surface area contributed by atoms with Crippen molar-refractivity contribution in [3.05, 3.63) is 92.9 Å². The van der Waals surface area contributed by atoms with E-state index in [9.17, 15) is 20.2 Å². The van der Waals surface area contributed by atoms with E-state index in [0.29, 0.717) is 11.3 Å². The van der Waals surface area contributed by atoms with Gasteiger partial charge in [0.05, 0.1) is 4.92 Å². The molecule has 0 radical (unpaired) electrons. The summed E-state index contributed by atoms with van der Waals surface area (Å²) in [5.41, 5.74) is 1.52. The van der Waals surface area contributed by atoms with Crippen LogP contribution in [0.25, 0.3) is 16.8 Å². The van der Waals surface area contributed by atoms with Crippen LogP contribution >= 0.6 is 0 Å². The summed E-state index contributed by atoms with van der Waals surface area (Å²) >= 11 is 0. The lowest BCUT2D eigenvalue weighted by Crippen LogP contribution is -2.20. The maximum atomic E-state index is 12.4. The van der Waals surface area contributed by atoms with Crippen LogP contribution in [0.4, 0.5) is 5.69 Å². The van der Waals surface area contributed by atoms with E-state index >= 15 is 0 Å². The van der Waals surface area contributed by atoms with Crippen molar-refractivity contribution in [3.63, 3.8) is 0 Å². The van der Waals surface area contributed by atoms with Gasteiger partial charge < -0.3 is 0 Å². The van der Waals surface area contributed by atoms with E-state index in [1.54, 1.807) is 12.3 Å². The van der Waals surface area contributed by atoms with Gasteiger partial charge in [0.15, 0.2) is 0 Å². The fraction of sp³-hybridized carbons (Fsp3) is 0. The second-order valence-electron chi connectivity index (χ2n) is 5.07. The van der Waals surface area contributed by atoms with Crippen molar-refractivity contribution in [2.75, 3.05) is 0 Å². The normalized spacial score (nSPS) is 10.1. The molecule has 6 nitrogen and oxygen atoms in total. The lowest BCUT2D eigenvalue weighted by Gasteiger charge is -2.09. The highest BCUT2D eigenvalue weighted by Crippen LogP contribution is 2.21. The van der Waals surface area contributed by atoms with Crippen molar-refractivity contribution in [2.24, 2.45) is 0 Å². The van der Waals surface area contributed by atoms with E-state index < -0.39 is 10.5 Å².